The van der Waals surface area contributed by atoms with Gasteiger partial charge in [0, 0.05) is 35.3 Å². The molecular formula is C19H12N2O6. The van der Waals surface area contributed by atoms with Crippen molar-refractivity contribution in [1.29, 1.82) is 0 Å². The minimum absolute atomic E-state index is 0.0893. The maximum atomic E-state index is 12.7. The van der Waals surface area contributed by atoms with E-state index in [1.807, 2.05) is 0 Å². The Hall–Kier alpha value is -3.94. The van der Waals surface area contributed by atoms with Gasteiger partial charge in [0.15, 0.2) is 11.3 Å². The number of hydrogen-bond donors (Lipinski definition) is 0. The highest BCUT2D eigenvalue weighted by molar-refractivity contribution is 6.16. The van der Waals surface area contributed by atoms with Crippen molar-refractivity contribution in [2.75, 3.05) is 7.11 Å². The summed E-state index contributed by atoms with van der Waals surface area (Å²) in [7, 11) is 1.51. The fraction of sp³-hybridized carbons (Fsp3) is 0.0526. The van der Waals surface area contributed by atoms with Gasteiger partial charge in [0.25, 0.3) is 5.69 Å². The number of nitro benzene ring substituents is 1. The molecule has 0 bridgehead atoms. The van der Waals surface area contributed by atoms with Gasteiger partial charge in [0.1, 0.15) is 11.3 Å². The van der Waals surface area contributed by atoms with Gasteiger partial charge in [0.2, 0.25) is 0 Å². The first-order valence-corrected chi connectivity index (χ1v) is 7.88. The Morgan fingerprint density at radius 2 is 1.93 bits per heavy atom. The predicted molar refractivity (Wildman–Crippen MR) is 96.1 cm³/mol. The summed E-state index contributed by atoms with van der Waals surface area (Å²) in [6.45, 7) is 0. The highest BCUT2D eigenvalue weighted by Gasteiger charge is 2.21. The van der Waals surface area contributed by atoms with Crippen LogP contribution in [0, 0.1) is 10.1 Å². The maximum Gasteiger partial charge on any atom is 0.344 e. The van der Waals surface area contributed by atoms with Gasteiger partial charge in [-0.1, -0.05) is 0 Å². The smallest absolute Gasteiger partial charge is 0.344 e. The van der Waals surface area contributed by atoms with E-state index >= 15 is 0 Å². The Balaban J connectivity index is 1.78. The Kier molecular flexibility index (Phi) is 3.92. The summed E-state index contributed by atoms with van der Waals surface area (Å²) in [5.41, 5.74) is 1.16. The van der Waals surface area contributed by atoms with E-state index in [1.165, 1.54) is 31.4 Å². The molecule has 0 spiro atoms. The summed E-state index contributed by atoms with van der Waals surface area (Å²) in [6, 6.07) is 10.2. The second-order valence-corrected chi connectivity index (χ2v) is 5.63. The van der Waals surface area contributed by atoms with Crippen LogP contribution in [0.25, 0.3) is 21.9 Å². The molecule has 2 aromatic heterocycles. The minimum Gasteiger partial charge on any atom is -0.493 e. The Bertz CT molecular complexity index is 1180. The lowest BCUT2D eigenvalue weighted by molar-refractivity contribution is -0.384. The standard InChI is InChI=1S/C19H12N2O6/c1-25-16-7-6-13(17-14-10-20-9-8-15(14)27-18(16)17)19(22)26-12-4-2-11(3-5-12)21(23)24/h2-10H,1H3. The molecule has 0 aliphatic rings. The zero-order valence-corrected chi connectivity index (χ0v) is 14.0. The molecule has 0 amide bonds. The lowest BCUT2D eigenvalue weighted by Crippen LogP contribution is -2.09. The van der Waals surface area contributed by atoms with Crippen LogP contribution in [0.5, 0.6) is 11.5 Å². The van der Waals surface area contributed by atoms with Gasteiger partial charge in [-0.25, -0.2) is 4.79 Å². The van der Waals surface area contributed by atoms with Gasteiger partial charge >= 0.3 is 5.97 Å². The molecule has 4 aromatic rings. The summed E-state index contributed by atoms with van der Waals surface area (Å²) >= 11 is 0. The van der Waals surface area contributed by atoms with Crippen LogP contribution in [0.15, 0.2) is 59.3 Å². The van der Waals surface area contributed by atoms with E-state index in [0.717, 1.165) is 0 Å². The largest absolute Gasteiger partial charge is 0.493 e. The third-order valence-electron chi connectivity index (χ3n) is 4.08. The number of carbonyl (C=O) groups is 1. The first-order chi connectivity index (χ1) is 13.1. The van der Waals surface area contributed by atoms with E-state index in [9.17, 15) is 14.9 Å². The second kappa shape index (κ2) is 6.41. The van der Waals surface area contributed by atoms with Crippen LogP contribution in [-0.2, 0) is 0 Å². The number of aromatic nitrogens is 1. The zero-order chi connectivity index (χ0) is 19.0. The molecule has 0 aliphatic heterocycles. The van der Waals surface area contributed by atoms with E-state index in [2.05, 4.69) is 4.98 Å². The first kappa shape index (κ1) is 16.5. The normalized spacial score (nSPS) is 10.9. The average Bonchev–Trinajstić information content (AvgIpc) is 3.07. The van der Waals surface area contributed by atoms with Crippen molar-refractivity contribution in [3.63, 3.8) is 0 Å². The van der Waals surface area contributed by atoms with Crippen molar-refractivity contribution in [1.82, 2.24) is 4.98 Å². The number of non-ortho nitro benzene ring substituents is 1. The molecule has 0 fully saturated rings. The third-order valence-corrected chi connectivity index (χ3v) is 4.08. The zero-order valence-electron chi connectivity index (χ0n) is 14.0. The molecule has 0 saturated heterocycles. The number of esters is 1. The van der Waals surface area contributed by atoms with Crippen molar-refractivity contribution in [2.24, 2.45) is 0 Å². The van der Waals surface area contributed by atoms with Gasteiger partial charge < -0.3 is 13.9 Å². The molecule has 0 saturated carbocycles. The molecule has 8 heteroatoms. The van der Waals surface area contributed by atoms with Gasteiger partial charge in [-0.05, 0) is 30.3 Å². The molecule has 2 heterocycles. The number of pyridine rings is 1. The molecule has 27 heavy (non-hydrogen) atoms. The summed E-state index contributed by atoms with van der Waals surface area (Å²) in [5, 5.41) is 11.9. The average molecular weight is 364 g/mol. The molecule has 134 valence electrons. The monoisotopic (exact) mass is 364 g/mol. The SMILES string of the molecule is COc1ccc(C(=O)Oc2ccc([N+](=O)[O-])cc2)c2c1oc1ccncc12. The molecule has 4 rings (SSSR count). The lowest BCUT2D eigenvalue weighted by atomic mass is 10.1. The second-order valence-electron chi connectivity index (χ2n) is 5.63. The Morgan fingerprint density at radius 3 is 2.63 bits per heavy atom. The topological polar surface area (TPSA) is 105 Å². The van der Waals surface area contributed by atoms with Gasteiger partial charge in [-0.2, -0.15) is 0 Å². The summed E-state index contributed by atoms with van der Waals surface area (Å²) in [5.74, 6) is 0.0524. The van der Waals surface area contributed by atoms with Gasteiger partial charge in [-0.3, -0.25) is 15.1 Å². The van der Waals surface area contributed by atoms with Crippen molar-refractivity contribution < 1.29 is 23.6 Å². The van der Waals surface area contributed by atoms with Crippen molar-refractivity contribution >= 4 is 33.6 Å². The van der Waals surface area contributed by atoms with E-state index in [1.54, 1.807) is 30.6 Å². The van der Waals surface area contributed by atoms with Crippen molar-refractivity contribution in [3.05, 3.63) is 70.5 Å². The van der Waals surface area contributed by atoms with Gasteiger partial charge in [-0.15, -0.1) is 0 Å². The van der Waals surface area contributed by atoms with Crippen LogP contribution in [0.4, 0.5) is 5.69 Å². The van der Waals surface area contributed by atoms with Crippen molar-refractivity contribution in [2.45, 2.75) is 0 Å². The summed E-state index contributed by atoms with van der Waals surface area (Å²) in [6.07, 6.45) is 3.19. The fourth-order valence-electron chi connectivity index (χ4n) is 2.83. The van der Waals surface area contributed by atoms with E-state index in [4.69, 9.17) is 13.9 Å². The molecule has 0 radical (unpaired) electrons. The molecular weight excluding hydrogens is 352 g/mol. The van der Waals surface area contributed by atoms with Crippen LogP contribution in [0.1, 0.15) is 10.4 Å². The maximum absolute atomic E-state index is 12.7. The third kappa shape index (κ3) is 2.82. The predicted octanol–water partition coefficient (Wildman–Crippen LogP) is 4.12. The van der Waals surface area contributed by atoms with Gasteiger partial charge in [0.05, 0.1) is 17.6 Å². The number of fused-ring (bicyclic) bond motifs is 3. The van der Waals surface area contributed by atoms with E-state index in [0.29, 0.717) is 27.7 Å². The number of methoxy groups -OCH3 is 1. The number of ether oxygens (including phenoxy) is 2. The van der Waals surface area contributed by atoms with Crippen LogP contribution < -0.4 is 9.47 Å². The van der Waals surface area contributed by atoms with E-state index in [-0.39, 0.29) is 17.0 Å². The van der Waals surface area contributed by atoms with Crippen LogP contribution >= 0.6 is 0 Å². The summed E-state index contributed by atoms with van der Waals surface area (Å²) < 4.78 is 16.5. The molecule has 0 unspecified atom stereocenters. The highest BCUT2D eigenvalue weighted by Crippen LogP contribution is 2.37. The molecule has 2 aromatic carbocycles. The number of nitro groups is 1. The first-order valence-electron chi connectivity index (χ1n) is 7.88. The Labute approximate surface area is 152 Å². The summed E-state index contributed by atoms with van der Waals surface area (Å²) in [4.78, 5) is 27.0. The van der Waals surface area contributed by atoms with Crippen LogP contribution in [-0.4, -0.2) is 23.0 Å². The number of nitrogens with zero attached hydrogens (tertiary/aromatic N) is 2. The van der Waals surface area contributed by atoms with E-state index < -0.39 is 10.9 Å². The number of benzene rings is 2. The van der Waals surface area contributed by atoms with Crippen molar-refractivity contribution in [3.8, 4) is 11.5 Å². The van der Waals surface area contributed by atoms with Crippen LogP contribution in [0.2, 0.25) is 0 Å². The number of hydrogen-bond acceptors (Lipinski definition) is 7. The number of carbonyl (C=O) groups excluding carboxylic acids is 1. The minimum atomic E-state index is -0.622. The highest BCUT2D eigenvalue weighted by atomic mass is 16.6. The number of rotatable bonds is 4. The lowest BCUT2D eigenvalue weighted by Gasteiger charge is -2.07. The quantitative estimate of drug-likeness (QED) is 0.232. The molecule has 0 aliphatic carbocycles. The van der Waals surface area contributed by atoms with Crippen LogP contribution in [0.3, 0.4) is 0 Å². The Morgan fingerprint density at radius 1 is 1.15 bits per heavy atom. The molecule has 0 N–H and O–H groups in total. The number of furan rings is 1. The fourth-order valence-corrected chi connectivity index (χ4v) is 2.83. The molecule has 0 atom stereocenters. The molecule has 8 nitrogen and oxygen atoms in total.